The normalized spacial score (nSPS) is 11.5. The maximum absolute atomic E-state index is 4.55. The number of aryl methyl sites for hydroxylation is 2. The van der Waals surface area contributed by atoms with Crippen molar-refractivity contribution in [3.05, 3.63) is 29.5 Å². The summed E-state index contributed by atoms with van der Waals surface area (Å²) in [5, 5.41) is 5.84. The SMILES string of the molecule is Cc1ccc2c(c1)c(C(C)C)nn2C. The van der Waals surface area contributed by atoms with Crippen LogP contribution >= 0.6 is 0 Å². The Hall–Kier alpha value is -1.31. The van der Waals surface area contributed by atoms with Gasteiger partial charge in [0.15, 0.2) is 0 Å². The Morgan fingerprint density at radius 1 is 1.29 bits per heavy atom. The van der Waals surface area contributed by atoms with Gasteiger partial charge in [-0.1, -0.05) is 25.5 Å². The minimum absolute atomic E-state index is 0.487. The molecule has 0 bridgehead atoms. The number of fused-ring (bicyclic) bond motifs is 1. The molecule has 14 heavy (non-hydrogen) atoms. The van der Waals surface area contributed by atoms with Gasteiger partial charge in [0.2, 0.25) is 0 Å². The van der Waals surface area contributed by atoms with E-state index in [9.17, 15) is 0 Å². The van der Waals surface area contributed by atoms with Gasteiger partial charge in [0, 0.05) is 12.4 Å². The van der Waals surface area contributed by atoms with E-state index in [1.54, 1.807) is 0 Å². The van der Waals surface area contributed by atoms with Crippen LogP contribution in [0, 0.1) is 6.92 Å². The fraction of sp³-hybridized carbons (Fsp3) is 0.417. The van der Waals surface area contributed by atoms with Crippen molar-refractivity contribution in [3.8, 4) is 0 Å². The van der Waals surface area contributed by atoms with Gasteiger partial charge in [-0.15, -0.1) is 0 Å². The van der Waals surface area contributed by atoms with Crippen molar-refractivity contribution in [3.63, 3.8) is 0 Å². The van der Waals surface area contributed by atoms with Crippen LogP contribution in [0.3, 0.4) is 0 Å². The largest absolute Gasteiger partial charge is 0.268 e. The number of aromatic nitrogens is 2. The maximum atomic E-state index is 4.55. The molecule has 0 N–H and O–H groups in total. The van der Waals surface area contributed by atoms with Crippen molar-refractivity contribution in [1.29, 1.82) is 0 Å². The smallest absolute Gasteiger partial charge is 0.0728 e. The van der Waals surface area contributed by atoms with Crippen LogP contribution in [0.5, 0.6) is 0 Å². The van der Waals surface area contributed by atoms with E-state index in [0.717, 1.165) is 0 Å². The molecule has 0 spiro atoms. The monoisotopic (exact) mass is 188 g/mol. The van der Waals surface area contributed by atoms with Gasteiger partial charge in [-0.3, -0.25) is 4.68 Å². The summed E-state index contributed by atoms with van der Waals surface area (Å²) in [4.78, 5) is 0. The standard InChI is InChI=1S/C12H16N2/c1-8(2)12-10-7-9(3)5-6-11(10)14(4)13-12/h5-8H,1-4H3. The Labute approximate surface area is 84.5 Å². The molecule has 2 heteroatoms. The Morgan fingerprint density at radius 3 is 2.64 bits per heavy atom. The van der Waals surface area contributed by atoms with Crippen LogP contribution in [0.25, 0.3) is 10.9 Å². The quantitative estimate of drug-likeness (QED) is 0.672. The fourth-order valence-corrected chi connectivity index (χ4v) is 1.83. The molecule has 0 aliphatic carbocycles. The van der Waals surface area contributed by atoms with Crippen molar-refractivity contribution >= 4 is 10.9 Å². The Balaban J connectivity index is 2.79. The van der Waals surface area contributed by atoms with Crippen molar-refractivity contribution in [1.82, 2.24) is 9.78 Å². The Morgan fingerprint density at radius 2 is 2.00 bits per heavy atom. The van der Waals surface area contributed by atoms with E-state index in [-0.39, 0.29) is 0 Å². The molecule has 2 aromatic rings. The topological polar surface area (TPSA) is 17.8 Å². The Kier molecular flexibility index (Phi) is 2.06. The lowest BCUT2D eigenvalue weighted by atomic mass is 10.0. The number of hydrogen-bond acceptors (Lipinski definition) is 1. The van der Waals surface area contributed by atoms with Crippen molar-refractivity contribution in [2.45, 2.75) is 26.7 Å². The highest BCUT2D eigenvalue weighted by molar-refractivity contribution is 5.83. The van der Waals surface area contributed by atoms with Gasteiger partial charge >= 0.3 is 0 Å². The summed E-state index contributed by atoms with van der Waals surface area (Å²) in [5.74, 6) is 0.487. The van der Waals surface area contributed by atoms with Crippen LogP contribution in [0.15, 0.2) is 18.2 Å². The first-order valence-corrected chi connectivity index (χ1v) is 5.03. The molecule has 1 heterocycles. The van der Waals surface area contributed by atoms with Gasteiger partial charge in [0.1, 0.15) is 0 Å². The summed E-state index contributed by atoms with van der Waals surface area (Å²) in [6.45, 7) is 6.49. The van der Waals surface area contributed by atoms with Gasteiger partial charge in [-0.05, 0) is 25.0 Å². The predicted octanol–water partition coefficient (Wildman–Crippen LogP) is 3.01. The molecule has 0 unspecified atom stereocenters. The minimum atomic E-state index is 0.487. The molecule has 0 fully saturated rings. The summed E-state index contributed by atoms with van der Waals surface area (Å²) >= 11 is 0. The molecule has 2 rings (SSSR count). The zero-order chi connectivity index (χ0) is 10.3. The van der Waals surface area contributed by atoms with Crippen LogP contribution in [-0.4, -0.2) is 9.78 Å². The van der Waals surface area contributed by atoms with Crippen LogP contribution in [0.2, 0.25) is 0 Å². The number of hydrogen-bond donors (Lipinski definition) is 0. The van der Waals surface area contributed by atoms with Gasteiger partial charge in [0.25, 0.3) is 0 Å². The third-order valence-corrected chi connectivity index (χ3v) is 2.58. The molecule has 0 atom stereocenters. The zero-order valence-electron chi connectivity index (χ0n) is 9.20. The van der Waals surface area contributed by atoms with Crippen LogP contribution in [0.4, 0.5) is 0 Å². The highest BCUT2D eigenvalue weighted by Gasteiger charge is 2.10. The minimum Gasteiger partial charge on any atom is -0.268 e. The molecule has 1 aromatic carbocycles. The van der Waals surface area contributed by atoms with E-state index in [1.165, 1.54) is 22.2 Å². The third-order valence-electron chi connectivity index (χ3n) is 2.58. The van der Waals surface area contributed by atoms with E-state index in [1.807, 2.05) is 11.7 Å². The predicted molar refractivity (Wildman–Crippen MR) is 59.5 cm³/mol. The lowest BCUT2D eigenvalue weighted by Gasteiger charge is -2.00. The molecular weight excluding hydrogens is 172 g/mol. The number of nitrogens with zero attached hydrogens (tertiary/aromatic N) is 2. The highest BCUT2D eigenvalue weighted by Crippen LogP contribution is 2.24. The first kappa shape index (κ1) is 9.25. The van der Waals surface area contributed by atoms with Crippen molar-refractivity contribution < 1.29 is 0 Å². The van der Waals surface area contributed by atoms with Crippen molar-refractivity contribution in [2.24, 2.45) is 7.05 Å². The first-order chi connectivity index (χ1) is 6.59. The van der Waals surface area contributed by atoms with E-state index >= 15 is 0 Å². The van der Waals surface area contributed by atoms with E-state index < -0.39 is 0 Å². The van der Waals surface area contributed by atoms with Crippen molar-refractivity contribution in [2.75, 3.05) is 0 Å². The highest BCUT2D eigenvalue weighted by atomic mass is 15.3. The van der Waals surface area contributed by atoms with Gasteiger partial charge in [-0.25, -0.2) is 0 Å². The molecule has 0 aliphatic rings. The van der Waals surface area contributed by atoms with E-state index in [0.29, 0.717) is 5.92 Å². The zero-order valence-corrected chi connectivity index (χ0v) is 9.20. The second-order valence-electron chi connectivity index (χ2n) is 4.18. The lowest BCUT2D eigenvalue weighted by molar-refractivity contribution is 0.729. The first-order valence-electron chi connectivity index (χ1n) is 5.03. The number of benzene rings is 1. The average molecular weight is 188 g/mol. The second kappa shape index (κ2) is 3.12. The summed E-state index contributed by atoms with van der Waals surface area (Å²) in [7, 11) is 2.00. The van der Waals surface area contributed by atoms with Crippen LogP contribution in [0.1, 0.15) is 31.0 Å². The molecule has 0 aliphatic heterocycles. The fourth-order valence-electron chi connectivity index (χ4n) is 1.83. The molecule has 0 saturated heterocycles. The Bertz CT molecular complexity index is 466. The van der Waals surface area contributed by atoms with E-state index in [4.69, 9.17) is 0 Å². The maximum Gasteiger partial charge on any atom is 0.0728 e. The van der Waals surface area contributed by atoms with Gasteiger partial charge in [0.05, 0.1) is 11.2 Å². The van der Waals surface area contributed by atoms with Crippen LogP contribution in [-0.2, 0) is 7.05 Å². The molecule has 2 nitrogen and oxygen atoms in total. The van der Waals surface area contributed by atoms with Gasteiger partial charge in [-0.2, -0.15) is 5.10 Å². The molecule has 1 aromatic heterocycles. The molecule has 0 amide bonds. The summed E-state index contributed by atoms with van der Waals surface area (Å²) < 4.78 is 1.96. The molecule has 74 valence electrons. The summed E-state index contributed by atoms with van der Waals surface area (Å²) in [5.41, 5.74) is 3.72. The second-order valence-corrected chi connectivity index (χ2v) is 4.18. The summed E-state index contributed by atoms with van der Waals surface area (Å²) in [6.07, 6.45) is 0. The van der Waals surface area contributed by atoms with Gasteiger partial charge < -0.3 is 0 Å². The molecule has 0 saturated carbocycles. The number of rotatable bonds is 1. The molecular formula is C12H16N2. The lowest BCUT2D eigenvalue weighted by Crippen LogP contribution is -1.92. The molecule has 0 radical (unpaired) electrons. The third kappa shape index (κ3) is 1.31. The summed E-state index contributed by atoms with van der Waals surface area (Å²) in [6, 6.07) is 6.50. The van der Waals surface area contributed by atoms with E-state index in [2.05, 4.69) is 44.1 Å². The van der Waals surface area contributed by atoms with Crippen LogP contribution < -0.4 is 0 Å². The average Bonchev–Trinajstić information content (AvgIpc) is 2.43.